The van der Waals surface area contributed by atoms with Gasteiger partial charge in [0.2, 0.25) is 0 Å². The van der Waals surface area contributed by atoms with Gasteiger partial charge in [0.25, 0.3) is 0 Å². The van der Waals surface area contributed by atoms with E-state index in [-0.39, 0.29) is 5.41 Å². The maximum absolute atomic E-state index is 13.1. The molecule has 0 heterocycles. The van der Waals surface area contributed by atoms with Gasteiger partial charge in [-0.25, -0.2) is 8.78 Å². The van der Waals surface area contributed by atoms with Crippen molar-refractivity contribution in [1.29, 1.82) is 0 Å². The molecule has 0 fully saturated rings. The predicted molar refractivity (Wildman–Crippen MR) is 68.9 cm³/mol. The minimum Gasteiger partial charge on any atom is -0.207 e. The Balaban J connectivity index is 2.20. The zero-order valence-electron chi connectivity index (χ0n) is 11.2. The molecular weight excluding hydrogens is 357 g/mol. The van der Waals surface area contributed by atoms with E-state index in [0.717, 1.165) is 13.2 Å². The second kappa shape index (κ2) is 5.57. The number of rotatable bonds is 2. The third-order valence-corrected chi connectivity index (χ3v) is 5.34. The van der Waals surface area contributed by atoms with Crippen LogP contribution in [0.3, 0.4) is 0 Å². The number of benzene rings is 2. The Hall–Kier alpha value is -0.970. The molecule has 0 saturated heterocycles. The van der Waals surface area contributed by atoms with E-state index in [1.54, 1.807) is 0 Å². The van der Waals surface area contributed by atoms with Gasteiger partial charge in [0, 0.05) is 18.2 Å². The Labute approximate surface area is 123 Å². The van der Waals surface area contributed by atoms with Crippen LogP contribution in [0.2, 0.25) is 0 Å². The summed E-state index contributed by atoms with van der Waals surface area (Å²) in [5, 5.41) is 0. The third kappa shape index (κ3) is 4.00. The van der Waals surface area contributed by atoms with Gasteiger partial charge in [-0.2, -0.15) is 0 Å². The summed E-state index contributed by atoms with van der Waals surface area (Å²) in [6, 6.07) is 12.1. The van der Waals surface area contributed by atoms with Gasteiger partial charge < -0.3 is 0 Å². The molecule has 2 aromatic carbocycles. The molecule has 0 aromatic heterocycles. The van der Waals surface area contributed by atoms with E-state index >= 15 is 0 Å². The fraction of sp³-hybridized carbons (Fsp3) is 0.250. The molecule has 0 bridgehead atoms. The first-order valence-corrected chi connectivity index (χ1v) is 8.22. The Morgan fingerprint density at radius 2 is 1.32 bits per heavy atom. The van der Waals surface area contributed by atoms with Gasteiger partial charge in [0.15, 0.2) is 7.14 Å². The van der Waals surface area contributed by atoms with Gasteiger partial charge >= 0.3 is 21.2 Å². The fourth-order valence-electron chi connectivity index (χ4n) is 1.71. The van der Waals surface area contributed by atoms with E-state index in [4.69, 9.17) is 0 Å². The van der Waals surface area contributed by atoms with Crippen LogP contribution in [0.5, 0.6) is 0 Å². The SMILES string of the molecule is CC(C)(C)c1ccc([I+]c2cc(F)cc(F)c2)cc1. The van der Waals surface area contributed by atoms with Crippen molar-refractivity contribution in [3.8, 4) is 0 Å². The van der Waals surface area contributed by atoms with Crippen LogP contribution in [-0.2, 0) is 5.41 Å². The molecule has 0 aliphatic heterocycles. The molecule has 0 aliphatic carbocycles. The molecular formula is C16H16F2I+. The van der Waals surface area contributed by atoms with Crippen molar-refractivity contribution >= 4 is 0 Å². The van der Waals surface area contributed by atoms with Crippen molar-refractivity contribution in [2.75, 3.05) is 0 Å². The molecule has 0 nitrogen and oxygen atoms in total. The molecule has 3 heteroatoms. The molecule has 0 N–H and O–H groups in total. The van der Waals surface area contributed by atoms with Gasteiger partial charge in [-0.1, -0.05) is 32.9 Å². The molecule has 0 unspecified atom stereocenters. The zero-order chi connectivity index (χ0) is 14.0. The number of hydrogen-bond acceptors (Lipinski definition) is 0. The van der Waals surface area contributed by atoms with Crippen LogP contribution in [-0.4, -0.2) is 0 Å². The third-order valence-electron chi connectivity index (χ3n) is 2.76. The van der Waals surface area contributed by atoms with Crippen LogP contribution in [0.1, 0.15) is 26.3 Å². The molecule has 0 saturated carbocycles. The lowest BCUT2D eigenvalue weighted by Crippen LogP contribution is -3.61. The Bertz CT molecular complexity index is 548. The largest absolute Gasteiger partial charge is 0.358 e. The van der Waals surface area contributed by atoms with E-state index in [2.05, 4.69) is 45.0 Å². The highest BCUT2D eigenvalue weighted by Crippen LogP contribution is 2.20. The van der Waals surface area contributed by atoms with Crippen LogP contribution in [0.25, 0.3) is 0 Å². The van der Waals surface area contributed by atoms with E-state index in [9.17, 15) is 8.78 Å². The lowest BCUT2D eigenvalue weighted by molar-refractivity contribution is -0.597. The second-order valence-electron chi connectivity index (χ2n) is 5.44. The topological polar surface area (TPSA) is 0 Å². The molecule has 0 aliphatic rings. The highest BCUT2D eigenvalue weighted by molar-refractivity contribution is 5.22. The summed E-state index contributed by atoms with van der Waals surface area (Å²) in [6.45, 7) is 6.50. The Morgan fingerprint density at radius 3 is 1.79 bits per heavy atom. The van der Waals surface area contributed by atoms with Crippen LogP contribution < -0.4 is 21.2 Å². The van der Waals surface area contributed by atoms with E-state index in [1.165, 1.54) is 17.7 Å². The summed E-state index contributed by atoms with van der Waals surface area (Å²) in [6.07, 6.45) is 0. The normalized spacial score (nSPS) is 11.6. The first-order chi connectivity index (χ1) is 8.84. The summed E-state index contributed by atoms with van der Waals surface area (Å²) >= 11 is -0.534. The Kier molecular flexibility index (Phi) is 4.23. The first-order valence-electron chi connectivity index (χ1n) is 6.06. The van der Waals surface area contributed by atoms with E-state index in [1.807, 2.05) is 0 Å². The van der Waals surface area contributed by atoms with Crippen LogP contribution >= 0.6 is 0 Å². The highest BCUT2D eigenvalue weighted by Gasteiger charge is 2.19. The average Bonchev–Trinajstić information content (AvgIpc) is 2.26. The van der Waals surface area contributed by atoms with Crippen molar-refractivity contribution in [2.24, 2.45) is 0 Å². The summed E-state index contributed by atoms with van der Waals surface area (Å²) in [5.74, 6) is -0.998. The molecule has 0 atom stereocenters. The minimum atomic E-state index is -0.534. The summed E-state index contributed by atoms with van der Waals surface area (Å²) in [5.41, 5.74) is 1.40. The summed E-state index contributed by atoms with van der Waals surface area (Å²) in [4.78, 5) is 0. The quantitative estimate of drug-likeness (QED) is 0.699. The predicted octanol–water partition coefficient (Wildman–Crippen LogP) is 1.39. The molecule has 100 valence electrons. The lowest BCUT2D eigenvalue weighted by Gasteiger charge is -2.18. The van der Waals surface area contributed by atoms with E-state index < -0.39 is 32.8 Å². The molecule has 0 spiro atoms. The lowest BCUT2D eigenvalue weighted by atomic mass is 9.87. The van der Waals surface area contributed by atoms with Crippen molar-refractivity contribution in [3.05, 3.63) is 66.8 Å². The fourth-order valence-corrected chi connectivity index (χ4v) is 4.06. The maximum Gasteiger partial charge on any atom is 0.358 e. The minimum absolute atomic E-state index is 0.127. The van der Waals surface area contributed by atoms with Gasteiger partial charge in [0.1, 0.15) is 11.6 Å². The van der Waals surface area contributed by atoms with Crippen molar-refractivity contribution < 1.29 is 30.0 Å². The average molecular weight is 373 g/mol. The highest BCUT2D eigenvalue weighted by atomic mass is 127. The smallest absolute Gasteiger partial charge is 0.207 e. The first kappa shape index (κ1) is 14.4. The number of hydrogen-bond donors (Lipinski definition) is 0. The summed E-state index contributed by atoms with van der Waals surface area (Å²) < 4.78 is 28.2. The van der Waals surface area contributed by atoms with Crippen molar-refractivity contribution in [1.82, 2.24) is 0 Å². The van der Waals surface area contributed by atoms with Gasteiger partial charge in [-0.15, -0.1) is 0 Å². The molecule has 0 radical (unpaired) electrons. The molecule has 19 heavy (non-hydrogen) atoms. The van der Waals surface area contributed by atoms with Crippen LogP contribution in [0.4, 0.5) is 8.78 Å². The maximum atomic E-state index is 13.1. The van der Waals surface area contributed by atoms with Gasteiger partial charge in [-0.3, -0.25) is 0 Å². The van der Waals surface area contributed by atoms with Crippen LogP contribution in [0.15, 0.2) is 42.5 Å². The molecule has 2 rings (SSSR count). The van der Waals surface area contributed by atoms with E-state index in [0.29, 0.717) is 0 Å². The van der Waals surface area contributed by atoms with Crippen LogP contribution in [0, 0.1) is 18.8 Å². The monoisotopic (exact) mass is 373 g/mol. The molecule has 2 aromatic rings. The standard InChI is InChI=1S/C16H16F2I/c1-16(2,3)11-4-6-14(7-5-11)19-15-9-12(17)8-13(18)10-15/h4-10H,1-3H3/q+1. The van der Waals surface area contributed by atoms with Crippen molar-refractivity contribution in [3.63, 3.8) is 0 Å². The zero-order valence-corrected chi connectivity index (χ0v) is 13.3. The summed E-state index contributed by atoms with van der Waals surface area (Å²) in [7, 11) is 0. The second-order valence-corrected chi connectivity index (χ2v) is 8.47. The van der Waals surface area contributed by atoms with Gasteiger partial charge in [0.05, 0.1) is 0 Å². The van der Waals surface area contributed by atoms with Gasteiger partial charge in [-0.05, 0) is 23.1 Å². The molecule has 0 amide bonds. The Morgan fingerprint density at radius 1 is 0.789 bits per heavy atom. The van der Waals surface area contributed by atoms with Crippen molar-refractivity contribution in [2.45, 2.75) is 26.2 Å². The number of halogens is 3.